The molecule has 1 aliphatic heterocycles. The summed E-state index contributed by atoms with van der Waals surface area (Å²) < 4.78 is 0. The molecule has 0 aromatic rings. The molecule has 1 aliphatic rings. The number of hydrogen-bond acceptors (Lipinski definition) is 3. The van der Waals surface area contributed by atoms with Gasteiger partial charge in [0.05, 0.1) is 6.10 Å². The lowest BCUT2D eigenvalue weighted by Gasteiger charge is -2.30. The number of primary amides is 1. The van der Waals surface area contributed by atoms with E-state index in [1.54, 1.807) is 0 Å². The molecule has 1 rings (SSSR count). The largest absolute Gasteiger partial charge is 0.390 e. The third-order valence-electron chi connectivity index (χ3n) is 3.40. The maximum atomic E-state index is 12.1. The first kappa shape index (κ1) is 15.0. The number of nitrogens with two attached hydrogens (primary N) is 1. The van der Waals surface area contributed by atoms with Gasteiger partial charge in [0.25, 0.3) is 0 Å². The zero-order valence-electron chi connectivity index (χ0n) is 11.3. The summed E-state index contributed by atoms with van der Waals surface area (Å²) in [5.41, 5.74) is 5.32. The number of likely N-dealkylation sites (tertiary alicyclic amines) is 1. The van der Waals surface area contributed by atoms with Crippen LogP contribution in [0.5, 0.6) is 0 Å². The molecule has 104 valence electrons. The molecule has 1 fully saturated rings. The fraction of sp³-hybridized carbons (Fsp3) is 0.846. The molecule has 0 spiro atoms. The molecule has 0 aliphatic carbocycles. The Balaban J connectivity index is 2.73. The molecule has 3 N–H and O–H groups in total. The monoisotopic (exact) mass is 256 g/mol. The second-order valence-corrected chi connectivity index (χ2v) is 5.43. The van der Waals surface area contributed by atoms with Gasteiger partial charge in [-0.3, -0.25) is 9.59 Å². The molecule has 2 atom stereocenters. The number of carbonyl (C=O) groups excluding carboxylic acids is 2. The van der Waals surface area contributed by atoms with Crippen LogP contribution in [-0.4, -0.2) is 40.5 Å². The highest BCUT2D eigenvalue weighted by atomic mass is 16.3. The predicted molar refractivity (Wildman–Crippen MR) is 68.6 cm³/mol. The standard InChI is InChI=1S/C13H24N2O3/c1-9(2)6-7-11(17)15-8-4-3-5-10(16)12(15)13(14)18/h9-10,12,16H,3-8H2,1-2H3,(H2,14,18). The van der Waals surface area contributed by atoms with Crippen LogP contribution in [0.25, 0.3) is 0 Å². The number of hydrogen-bond donors (Lipinski definition) is 2. The first-order valence-electron chi connectivity index (χ1n) is 6.70. The van der Waals surface area contributed by atoms with E-state index in [9.17, 15) is 14.7 Å². The smallest absolute Gasteiger partial charge is 0.242 e. The van der Waals surface area contributed by atoms with E-state index in [1.165, 1.54) is 4.90 Å². The molecule has 1 heterocycles. The van der Waals surface area contributed by atoms with Crippen LogP contribution in [0.4, 0.5) is 0 Å². The third kappa shape index (κ3) is 3.98. The van der Waals surface area contributed by atoms with Crippen LogP contribution < -0.4 is 5.73 Å². The van der Waals surface area contributed by atoms with Crippen molar-refractivity contribution in [1.82, 2.24) is 4.90 Å². The number of amides is 2. The van der Waals surface area contributed by atoms with Gasteiger partial charge in [0.2, 0.25) is 11.8 Å². The van der Waals surface area contributed by atoms with Crippen LogP contribution in [0, 0.1) is 5.92 Å². The van der Waals surface area contributed by atoms with Gasteiger partial charge in [-0.15, -0.1) is 0 Å². The van der Waals surface area contributed by atoms with Crippen molar-refractivity contribution in [2.24, 2.45) is 11.7 Å². The number of aliphatic hydroxyl groups is 1. The van der Waals surface area contributed by atoms with E-state index in [2.05, 4.69) is 13.8 Å². The highest BCUT2D eigenvalue weighted by molar-refractivity contribution is 5.87. The van der Waals surface area contributed by atoms with Crippen molar-refractivity contribution in [2.75, 3.05) is 6.54 Å². The summed E-state index contributed by atoms with van der Waals surface area (Å²) in [5, 5.41) is 9.92. The van der Waals surface area contributed by atoms with Crippen LogP contribution in [0.3, 0.4) is 0 Å². The minimum Gasteiger partial charge on any atom is -0.390 e. The van der Waals surface area contributed by atoms with Crippen molar-refractivity contribution in [2.45, 2.75) is 58.1 Å². The third-order valence-corrected chi connectivity index (χ3v) is 3.40. The van der Waals surface area contributed by atoms with Crippen LogP contribution in [0.15, 0.2) is 0 Å². The minimum atomic E-state index is -0.854. The normalized spacial score (nSPS) is 25.0. The molecule has 0 radical (unpaired) electrons. The van der Waals surface area contributed by atoms with Crippen LogP contribution in [0.1, 0.15) is 46.0 Å². The highest BCUT2D eigenvalue weighted by Crippen LogP contribution is 2.19. The first-order chi connectivity index (χ1) is 8.43. The second kappa shape index (κ2) is 6.73. The van der Waals surface area contributed by atoms with Gasteiger partial charge in [0, 0.05) is 13.0 Å². The van der Waals surface area contributed by atoms with Gasteiger partial charge in [-0.2, -0.15) is 0 Å². The Morgan fingerprint density at radius 3 is 2.61 bits per heavy atom. The van der Waals surface area contributed by atoms with Gasteiger partial charge >= 0.3 is 0 Å². The molecule has 1 saturated heterocycles. The number of carbonyl (C=O) groups is 2. The molecule has 2 unspecified atom stereocenters. The van der Waals surface area contributed by atoms with E-state index < -0.39 is 18.1 Å². The van der Waals surface area contributed by atoms with E-state index in [0.717, 1.165) is 19.3 Å². The van der Waals surface area contributed by atoms with Crippen LogP contribution in [-0.2, 0) is 9.59 Å². The van der Waals surface area contributed by atoms with Crippen molar-refractivity contribution >= 4 is 11.8 Å². The molecule has 18 heavy (non-hydrogen) atoms. The maximum Gasteiger partial charge on any atom is 0.242 e. The average molecular weight is 256 g/mol. The number of rotatable bonds is 4. The fourth-order valence-corrected chi connectivity index (χ4v) is 2.32. The first-order valence-corrected chi connectivity index (χ1v) is 6.70. The van der Waals surface area contributed by atoms with E-state index in [0.29, 0.717) is 25.3 Å². The molecular formula is C13H24N2O3. The van der Waals surface area contributed by atoms with E-state index >= 15 is 0 Å². The van der Waals surface area contributed by atoms with Crippen molar-refractivity contribution in [1.29, 1.82) is 0 Å². The maximum absolute atomic E-state index is 12.1. The quantitative estimate of drug-likeness (QED) is 0.774. The zero-order chi connectivity index (χ0) is 13.7. The molecule has 0 saturated carbocycles. The second-order valence-electron chi connectivity index (χ2n) is 5.43. The van der Waals surface area contributed by atoms with E-state index in [1.807, 2.05) is 0 Å². The van der Waals surface area contributed by atoms with Crippen molar-refractivity contribution in [3.63, 3.8) is 0 Å². The Morgan fingerprint density at radius 2 is 2.06 bits per heavy atom. The summed E-state index contributed by atoms with van der Waals surface area (Å²) >= 11 is 0. The lowest BCUT2D eigenvalue weighted by molar-refractivity contribution is -0.143. The summed E-state index contributed by atoms with van der Waals surface area (Å²) in [5.74, 6) is -0.242. The predicted octanol–water partition coefficient (Wildman–Crippen LogP) is 0.650. The average Bonchev–Trinajstić information content (AvgIpc) is 2.47. The fourth-order valence-electron chi connectivity index (χ4n) is 2.32. The Kier molecular flexibility index (Phi) is 5.59. The summed E-state index contributed by atoms with van der Waals surface area (Å²) in [6, 6.07) is -0.854. The van der Waals surface area contributed by atoms with E-state index in [-0.39, 0.29) is 5.91 Å². The van der Waals surface area contributed by atoms with Crippen molar-refractivity contribution < 1.29 is 14.7 Å². The van der Waals surface area contributed by atoms with Gasteiger partial charge in [0.15, 0.2) is 0 Å². The van der Waals surface area contributed by atoms with Crippen molar-refractivity contribution in [3.05, 3.63) is 0 Å². The zero-order valence-corrected chi connectivity index (χ0v) is 11.3. The lowest BCUT2D eigenvalue weighted by Crippen LogP contribution is -2.53. The summed E-state index contributed by atoms with van der Waals surface area (Å²) in [4.78, 5) is 25.0. The van der Waals surface area contributed by atoms with Gasteiger partial charge in [0.1, 0.15) is 6.04 Å². The van der Waals surface area contributed by atoms with Gasteiger partial charge in [-0.1, -0.05) is 13.8 Å². The summed E-state index contributed by atoms with van der Waals surface area (Å²) in [6.07, 6.45) is 2.53. The molecular weight excluding hydrogens is 232 g/mol. The van der Waals surface area contributed by atoms with Gasteiger partial charge in [-0.05, 0) is 31.6 Å². The molecule has 0 bridgehead atoms. The Labute approximate surface area is 108 Å². The Hall–Kier alpha value is -1.10. The van der Waals surface area contributed by atoms with Crippen LogP contribution in [0.2, 0.25) is 0 Å². The molecule has 5 nitrogen and oxygen atoms in total. The summed E-state index contributed by atoms with van der Waals surface area (Å²) in [6.45, 7) is 4.62. The molecule has 0 aromatic heterocycles. The lowest BCUT2D eigenvalue weighted by atomic mass is 10.0. The summed E-state index contributed by atoms with van der Waals surface area (Å²) in [7, 11) is 0. The van der Waals surface area contributed by atoms with Crippen molar-refractivity contribution in [3.8, 4) is 0 Å². The van der Waals surface area contributed by atoms with Crippen LogP contribution >= 0.6 is 0 Å². The van der Waals surface area contributed by atoms with E-state index in [4.69, 9.17) is 5.73 Å². The topological polar surface area (TPSA) is 83.6 Å². The Bertz CT molecular complexity index is 305. The molecule has 2 amide bonds. The molecule has 5 heteroatoms. The highest BCUT2D eigenvalue weighted by Gasteiger charge is 2.35. The minimum absolute atomic E-state index is 0.0755. The van der Waals surface area contributed by atoms with Gasteiger partial charge in [-0.25, -0.2) is 0 Å². The number of nitrogens with zero attached hydrogens (tertiary/aromatic N) is 1. The molecule has 0 aromatic carbocycles. The Morgan fingerprint density at radius 1 is 1.39 bits per heavy atom. The number of aliphatic hydroxyl groups excluding tert-OH is 1. The SMILES string of the molecule is CC(C)CCC(=O)N1CCCCC(O)C1C(N)=O. The van der Waals surface area contributed by atoms with Gasteiger partial charge < -0.3 is 15.7 Å².